The lowest BCUT2D eigenvalue weighted by atomic mass is 10.2. The summed E-state index contributed by atoms with van der Waals surface area (Å²) >= 11 is 3.38. The lowest BCUT2D eigenvalue weighted by Crippen LogP contribution is -2.39. The molecular weight excluding hydrogens is 550 g/mol. The fourth-order valence-electron chi connectivity index (χ4n) is 3.28. The van der Waals surface area contributed by atoms with Gasteiger partial charge in [0.15, 0.2) is 11.5 Å². The minimum Gasteiger partial charge on any atom is -0.496 e. The standard InChI is InChI=1S/C25H26BrN3O6S/c1-17-5-9-21(10-6-17)36(31,32)29(20-8-12-23(34-3)24(14-20)35-4)16-25(30)28-27-15-18-13-19(26)7-11-22(18)33-2/h5-15H,16H2,1-4H3,(H,28,30)/b27-15-. The number of carbonyl (C=O) groups is 1. The maximum atomic E-state index is 13.6. The highest BCUT2D eigenvalue weighted by molar-refractivity contribution is 9.10. The monoisotopic (exact) mass is 575 g/mol. The van der Waals surface area contributed by atoms with Gasteiger partial charge in [0, 0.05) is 16.1 Å². The van der Waals surface area contributed by atoms with Gasteiger partial charge in [-0.1, -0.05) is 33.6 Å². The van der Waals surface area contributed by atoms with Crippen molar-refractivity contribution in [3.8, 4) is 17.2 Å². The number of nitrogens with zero attached hydrogens (tertiary/aromatic N) is 2. The first-order valence-electron chi connectivity index (χ1n) is 10.7. The average Bonchev–Trinajstić information content (AvgIpc) is 2.87. The molecule has 3 aromatic carbocycles. The number of hydrogen-bond acceptors (Lipinski definition) is 7. The second kappa shape index (κ2) is 11.9. The van der Waals surface area contributed by atoms with E-state index in [0.717, 1.165) is 14.3 Å². The van der Waals surface area contributed by atoms with E-state index in [1.54, 1.807) is 30.3 Å². The number of sulfonamides is 1. The lowest BCUT2D eigenvalue weighted by molar-refractivity contribution is -0.119. The van der Waals surface area contributed by atoms with Gasteiger partial charge in [-0.2, -0.15) is 5.10 Å². The zero-order chi connectivity index (χ0) is 26.3. The van der Waals surface area contributed by atoms with Crippen LogP contribution in [0.1, 0.15) is 11.1 Å². The second-order valence-electron chi connectivity index (χ2n) is 7.54. The summed E-state index contributed by atoms with van der Waals surface area (Å²) in [4.78, 5) is 12.9. The van der Waals surface area contributed by atoms with Crippen molar-refractivity contribution >= 4 is 43.8 Å². The van der Waals surface area contributed by atoms with E-state index in [4.69, 9.17) is 14.2 Å². The number of methoxy groups -OCH3 is 3. The molecule has 0 aliphatic heterocycles. The molecule has 1 N–H and O–H groups in total. The van der Waals surface area contributed by atoms with Crippen LogP contribution in [0, 0.1) is 6.92 Å². The Morgan fingerprint density at radius 1 is 0.944 bits per heavy atom. The third-order valence-electron chi connectivity index (χ3n) is 5.14. The third kappa shape index (κ3) is 6.35. The second-order valence-corrected chi connectivity index (χ2v) is 10.3. The Hall–Kier alpha value is -3.57. The molecule has 36 heavy (non-hydrogen) atoms. The molecule has 0 unspecified atom stereocenters. The molecule has 3 aromatic rings. The fraction of sp³-hybridized carbons (Fsp3) is 0.200. The van der Waals surface area contributed by atoms with Gasteiger partial charge >= 0.3 is 0 Å². The minimum absolute atomic E-state index is 0.0399. The SMILES string of the molecule is COc1ccc(Br)cc1/C=N\NC(=O)CN(c1ccc(OC)c(OC)c1)S(=O)(=O)c1ccc(C)cc1. The first kappa shape index (κ1) is 27.0. The van der Waals surface area contributed by atoms with Crippen LogP contribution in [0.3, 0.4) is 0 Å². The van der Waals surface area contributed by atoms with Crippen LogP contribution >= 0.6 is 15.9 Å². The van der Waals surface area contributed by atoms with Crippen molar-refractivity contribution in [1.82, 2.24) is 5.43 Å². The van der Waals surface area contributed by atoms with Crippen molar-refractivity contribution in [3.63, 3.8) is 0 Å². The van der Waals surface area contributed by atoms with Gasteiger partial charge in [-0.15, -0.1) is 0 Å². The Morgan fingerprint density at radius 2 is 1.58 bits per heavy atom. The summed E-state index contributed by atoms with van der Waals surface area (Å²) in [6.45, 7) is 1.33. The molecule has 0 spiro atoms. The number of ether oxygens (including phenoxy) is 3. The first-order chi connectivity index (χ1) is 17.2. The van der Waals surface area contributed by atoms with Gasteiger partial charge in [-0.25, -0.2) is 13.8 Å². The van der Waals surface area contributed by atoms with E-state index >= 15 is 0 Å². The van der Waals surface area contributed by atoms with Crippen LogP contribution in [-0.4, -0.2) is 48.4 Å². The molecule has 0 heterocycles. The fourth-order valence-corrected chi connectivity index (χ4v) is 5.07. The van der Waals surface area contributed by atoms with Crippen molar-refractivity contribution in [3.05, 3.63) is 76.3 Å². The Bertz CT molecular complexity index is 1360. The van der Waals surface area contributed by atoms with E-state index < -0.39 is 22.5 Å². The summed E-state index contributed by atoms with van der Waals surface area (Å²) in [6.07, 6.45) is 1.41. The van der Waals surface area contributed by atoms with E-state index in [1.807, 2.05) is 13.0 Å². The van der Waals surface area contributed by atoms with Gasteiger partial charge in [-0.3, -0.25) is 9.10 Å². The van der Waals surface area contributed by atoms with Crippen molar-refractivity contribution in [2.24, 2.45) is 5.10 Å². The molecule has 3 rings (SSSR count). The zero-order valence-electron chi connectivity index (χ0n) is 20.2. The van der Waals surface area contributed by atoms with E-state index in [2.05, 4.69) is 26.5 Å². The van der Waals surface area contributed by atoms with E-state index in [1.165, 1.54) is 51.8 Å². The summed E-state index contributed by atoms with van der Waals surface area (Å²) in [7, 11) is 0.337. The van der Waals surface area contributed by atoms with Crippen molar-refractivity contribution in [2.45, 2.75) is 11.8 Å². The van der Waals surface area contributed by atoms with Crippen molar-refractivity contribution < 1.29 is 27.4 Å². The predicted octanol–water partition coefficient (Wildman–Crippen LogP) is 4.13. The Morgan fingerprint density at radius 3 is 2.22 bits per heavy atom. The third-order valence-corrected chi connectivity index (χ3v) is 7.42. The lowest BCUT2D eigenvalue weighted by Gasteiger charge is -2.24. The largest absolute Gasteiger partial charge is 0.496 e. The summed E-state index contributed by atoms with van der Waals surface area (Å²) in [5, 5.41) is 3.97. The quantitative estimate of drug-likeness (QED) is 0.288. The number of aryl methyl sites for hydroxylation is 1. The molecule has 0 fully saturated rings. The molecule has 0 saturated heterocycles. The molecule has 11 heteroatoms. The number of nitrogens with one attached hydrogen (secondary N) is 1. The number of carbonyl (C=O) groups excluding carboxylic acids is 1. The van der Waals surface area contributed by atoms with Gasteiger partial charge < -0.3 is 14.2 Å². The molecule has 9 nitrogen and oxygen atoms in total. The smallest absolute Gasteiger partial charge is 0.264 e. The van der Waals surface area contributed by atoms with Crippen LogP contribution in [0.15, 0.2) is 75.1 Å². The van der Waals surface area contributed by atoms with Crippen LogP contribution in [0.5, 0.6) is 17.2 Å². The molecular formula is C25H26BrN3O6S. The van der Waals surface area contributed by atoms with E-state index in [-0.39, 0.29) is 10.6 Å². The zero-order valence-corrected chi connectivity index (χ0v) is 22.6. The average molecular weight is 576 g/mol. The Balaban J connectivity index is 1.92. The summed E-state index contributed by atoms with van der Waals surface area (Å²) in [5.74, 6) is 0.654. The number of anilines is 1. The van der Waals surface area contributed by atoms with Gasteiger partial charge in [0.05, 0.1) is 38.1 Å². The van der Waals surface area contributed by atoms with Crippen molar-refractivity contribution in [2.75, 3.05) is 32.2 Å². The van der Waals surface area contributed by atoms with Crippen LogP contribution in [0.4, 0.5) is 5.69 Å². The maximum absolute atomic E-state index is 13.6. The highest BCUT2D eigenvalue weighted by Gasteiger charge is 2.28. The molecule has 190 valence electrons. The molecule has 0 radical (unpaired) electrons. The first-order valence-corrected chi connectivity index (χ1v) is 12.9. The summed E-state index contributed by atoms with van der Waals surface area (Å²) in [5.41, 5.74) is 4.13. The van der Waals surface area contributed by atoms with Gasteiger partial charge in [0.2, 0.25) is 0 Å². The minimum atomic E-state index is -4.11. The summed E-state index contributed by atoms with van der Waals surface area (Å²) in [6, 6.07) is 16.3. The van der Waals surface area contributed by atoms with Gasteiger partial charge in [0.25, 0.3) is 15.9 Å². The number of hydrogen-bond donors (Lipinski definition) is 1. The molecule has 0 atom stereocenters. The molecule has 0 bridgehead atoms. The van der Waals surface area contributed by atoms with E-state index in [9.17, 15) is 13.2 Å². The molecule has 0 aliphatic rings. The highest BCUT2D eigenvalue weighted by Crippen LogP contribution is 2.33. The maximum Gasteiger partial charge on any atom is 0.264 e. The van der Waals surface area contributed by atoms with Gasteiger partial charge in [0.1, 0.15) is 12.3 Å². The van der Waals surface area contributed by atoms with Gasteiger partial charge in [-0.05, 0) is 49.4 Å². The number of rotatable bonds is 10. The van der Waals surface area contributed by atoms with Crippen LogP contribution in [-0.2, 0) is 14.8 Å². The number of halogens is 1. The molecule has 0 aromatic heterocycles. The normalized spacial score (nSPS) is 11.2. The number of benzene rings is 3. The molecule has 1 amide bonds. The van der Waals surface area contributed by atoms with Crippen LogP contribution < -0.4 is 23.9 Å². The van der Waals surface area contributed by atoms with Crippen LogP contribution in [0.2, 0.25) is 0 Å². The Labute approximate surface area is 218 Å². The van der Waals surface area contributed by atoms with Crippen LogP contribution in [0.25, 0.3) is 0 Å². The molecule has 0 aliphatic carbocycles. The summed E-state index contributed by atoms with van der Waals surface area (Å²) < 4.78 is 44.8. The van der Waals surface area contributed by atoms with E-state index in [0.29, 0.717) is 22.8 Å². The topological polar surface area (TPSA) is 107 Å². The number of hydrazone groups is 1. The highest BCUT2D eigenvalue weighted by atomic mass is 79.9. The number of amides is 1. The predicted molar refractivity (Wildman–Crippen MR) is 142 cm³/mol. The van der Waals surface area contributed by atoms with Crippen molar-refractivity contribution in [1.29, 1.82) is 0 Å². The molecule has 0 saturated carbocycles. The Kier molecular flexibility index (Phi) is 8.94.